The highest BCUT2D eigenvalue weighted by molar-refractivity contribution is 6.05. The number of cyclic esters (lactones) is 1. The molecule has 6 nitrogen and oxygen atoms in total. The first-order chi connectivity index (χ1) is 15.9. The third-order valence-corrected chi connectivity index (χ3v) is 5.51. The number of pyridine rings is 1. The van der Waals surface area contributed by atoms with Crippen molar-refractivity contribution < 1.29 is 14.3 Å². The van der Waals surface area contributed by atoms with Gasteiger partial charge < -0.3 is 15.4 Å². The summed E-state index contributed by atoms with van der Waals surface area (Å²) < 4.78 is 4.80. The van der Waals surface area contributed by atoms with Gasteiger partial charge in [0.05, 0.1) is 17.6 Å². The van der Waals surface area contributed by atoms with Crippen LogP contribution in [0, 0.1) is 0 Å². The summed E-state index contributed by atoms with van der Waals surface area (Å²) in [5.41, 5.74) is 1.18. The van der Waals surface area contributed by atoms with Crippen LogP contribution in [0.4, 0.5) is 4.79 Å². The number of aromatic nitrogens is 1. The van der Waals surface area contributed by atoms with Gasteiger partial charge in [-0.3, -0.25) is 9.78 Å². The van der Waals surface area contributed by atoms with Gasteiger partial charge >= 0.3 is 6.09 Å². The first-order valence-electron chi connectivity index (χ1n) is 11.6. The van der Waals surface area contributed by atoms with E-state index in [4.69, 9.17) is 4.74 Å². The molecule has 1 aliphatic heterocycles. The zero-order valence-electron chi connectivity index (χ0n) is 19.4. The van der Waals surface area contributed by atoms with E-state index in [1.807, 2.05) is 80.6 Å². The standard InChI is InChI=1S/C16H18N2O.C6H6.C5H9NO2/c19-16(18-13-8-2-1-3-9-13)14-10-4-6-12-7-5-11-17-15(12)14;1-2-4-6-5-3-1;1-5(2)3-6-4(7)8-5/h4-7,10-11,13H,1-3,8-9H2,(H,18,19);1-6H;3H2,1-2H3,(H,6,7). The molecule has 0 atom stereocenters. The maximum absolute atomic E-state index is 12.4. The predicted octanol–water partition coefficient (Wildman–Crippen LogP) is 5.49. The van der Waals surface area contributed by atoms with Gasteiger partial charge in [0.1, 0.15) is 5.60 Å². The van der Waals surface area contributed by atoms with Gasteiger partial charge in [-0.2, -0.15) is 0 Å². The van der Waals surface area contributed by atoms with E-state index in [9.17, 15) is 9.59 Å². The topological polar surface area (TPSA) is 80.3 Å². The molecule has 0 radical (unpaired) electrons. The summed E-state index contributed by atoms with van der Waals surface area (Å²) in [4.78, 5) is 27.0. The number of para-hydroxylation sites is 1. The fraction of sp³-hybridized carbons (Fsp3) is 0.370. The Labute approximate surface area is 195 Å². The van der Waals surface area contributed by atoms with Gasteiger partial charge in [0.2, 0.25) is 0 Å². The third-order valence-electron chi connectivity index (χ3n) is 5.51. The lowest BCUT2D eigenvalue weighted by Gasteiger charge is -2.22. The Balaban J connectivity index is 0.000000179. The fourth-order valence-electron chi connectivity index (χ4n) is 3.79. The molecule has 2 heterocycles. The molecule has 1 saturated heterocycles. The number of benzene rings is 2. The number of carbonyl (C=O) groups excluding carboxylic acids is 2. The van der Waals surface area contributed by atoms with Crippen molar-refractivity contribution in [2.45, 2.75) is 57.6 Å². The number of nitrogens with one attached hydrogen (secondary N) is 2. The van der Waals surface area contributed by atoms with Gasteiger partial charge in [0, 0.05) is 17.6 Å². The summed E-state index contributed by atoms with van der Waals surface area (Å²) in [7, 11) is 0. The van der Waals surface area contributed by atoms with Gasteiger partial charge in [-0.25, -0.2) is 4.79 Å². The summed E-state index contributed by atoms with van der Waals surface area (Å²) in [5, 5.41) is 6.71. The molecule has 6 heteroatoms. The second-order valence-corrected chi connectivity index (χ2v) is 8.85. The number of carbonyl (C=O) groups is 2. The van der Waals surface area contributed by atoms with Crippen LogP contribution in [0.25, 0.3) is 10.9 Å². The van der Waals surface area contributed by atoms with Crippen LogP contribution in [-0.2, 0) is 4.74 Å². The van der Waals surface area contributed by atoms with Crippen molar-refractivity contribution in [1.82, 2.24) is 15.6 Å². The van der Waals surface area contributed by atoms with E-state index < -0.39 is 0 Å². The molecule has 2 aliphatic rings. The highest BCUT2D eigenvalue weighted by Gasteiger charge is 2.29. The lowest BCUT2D eigenvalue weighted by atomic mass is 9.95. The van der Waals surface area contributed by atoms with Gasteiger partial charge in [-0.05, 0) is 38.8 Å². The SMILES string of the molecule is CC1(C)CNC(=O)O1.O=C(NC1CCCCC1)c1cccc2cccnc12.c1ccccc1. The summed E-state index contributed by atoms with van der Waals surface area (Å²) in [6.45, 7) is 4.35. The molecule has 0 unspecified atom stereocenters. The number of nitrogens with zero attached hydrogens (tertiary/aromatic N) is 1. The van der Waals surface area contributed by atoms with Crippen LogP contribution in [0.5, 0.6) is 0 Å². The predicted molar refractivity (Wildman–Crippen MR) is 131 cm³/mol. The maximum atomic E-state index is 12.4. The Morgan fingerprint density at radius 3 is 2.15 bits per heavy atom. The molecule has 1 saturated carbocycles. The fourth-order valence-corrected chi connectivity index (χ4v) is 3.79. The minimum absolute atomic E-state index is 0.0104. The minimum atomic E-state index is -0.310. The smallest absolute Gasteiger partial charge is 0.407 e. The van der Waals surface area contributed by atoms with Crippen molar-refractivity contribution >= 4 is 22.9 Å². The second kappa shape index (κ2) is 12.0. The Hall–Kier alpha value is -3.41. The molecular weight excluding hydrogens is 414 g/mol. The third kappa shape index (κ3) is 7.90. The molecule has 0 bridgehead atoms. The molecule has 0 spiro atoms. The molecular formula is C27H33N3O3. The van der Waals surface area contributed by atoms with Gasteiger partial charge in [-0.15, -0.1) is 0 Å². The summed E-state index contributed by atoms with van der Waals surface area (Å²) in [6, 6.07) is 22.0. The Morgan fingerprint density at radius 2 is 1.61 bits per heavy atom. The van der Waals surface area contributed by atoms with Crippen molar-refractivity contribution in [3.8, 4) is 0 Å². The van der Waals surface area contributed by atoms with Crippen molar-refractivity contribution in [3.05, 3.63) is 78.5 Å². The summed E-state index contributed by atoms with van der Waals surface area (Å²) in [6.07, 6.45) is 7.36. The van der Waals surface area contributed by atoms with Gasteiger partial charge in [-0.1, -0.05) is 73.9 Å². The molecule has 2 fully saturated rings. The van der Waals surface area contributed by atoms with Crippen molar-refractivity contribution in [2.75, 3.05) is 6.54 Å². The average Bonchev–Trinajstić information content (AvgIpc) is 3.17. The lowest BCUT2D eigenvalue weighted by Crippen LogP contribution is -2.36. The highest BCUT2D eigenvalue weighted by atomic mass is 16.6. The first kappa shape index (κ1) is 24.2. The first-order valence-corrected chi connectivity index (χ1v) is 11.6. The molecule has 1 aromatic heterocycles. The molecule has 33 heavy (non-hydrogen) atoms. The van der Waals surface area contributed by atoms with E-state index in [-0.39, 0.29) is 17.6 Å². The van der Waals surface area contributed by atoms with E-state index in [1.54, 1.807) is 6.20 Å². The molecule has 5 rings (SSSR count). The highest BCUT2D eigenvalue weighted by Crippen LogP contribution is 2.20. The maximum Gasteiger partial charge on any atom is 0.407 e. The zero-order valence-corrected chi connectivity index (χ0v) is 19.4. The lowest BCUT2D eigenvalue weighted by molar-refractivity contribution is 0.0868. The second-order valence-electron chi connectivity index (χ2n) is 8.85. The van der Waals surface area contributed by atoms with E-state index in [1.165, 1.54) is 19.3 Å². The largest absolute Gasteiger partial charge is 0.442 e. The van der Waals surface area contributed by atoms with Crippen molar-refractivity contribution in [1.29, 1.82) is 0 Å². The summed E-state index contributed by atoms with van der Waals surface area (Å²) in [5.74, 6) is 0.0104. The normalized spacial score (nSPS) is 16.8. The van der Waals surface area contributed by atoms with Crippen molar-refractivity contribution in [3.63, 3.8) is 0 Å². The molecule has 3 aromatic rings. The van der Waals surface area contributed by atoms with Gasteiger partial charge in [0.15, 0.2) is 0 Å². The number of amides is 2. The zero-order chi connectivity index (χ0) is 23.5. The molecule has 1 aliphatic carbocycles. The Kier molecular flexibility index (Phi) is 8.81. The quantitative estimate of drug-likeness (QED) is 0.544. The Bertz CT molecular complexity index is 999. The molecule has 174 valence electrons. The number of hydrogen-bond donors (Lipinski definition) is 2. The van der Waals surface area contributed by atoms with Crippen LogP contribution in [-0.4, -0.2) is 35.2 Å². The molecule has 2 aromatic carbocycles. The van der Waals surface area contributed by atoms with E-state index in [0.717, 1.165) is 23.7 Å². The van der Waals surface area contributed by atoms with Crippen LogP contribution in [0.2, 0.25) is 0 Å². The monoisotopic (exact) mass is 447 g/mol. The van der Waals surface area contributed by atoms with Gasteiger partial charge in [0.25, 0.3) is 5.91 Å². The minimum Gasteiger partial charge on any atom is -0.442 e. The summed E-state index contributed by atoms with van der Waals surface area (Å²) >= 11 is 0. The number of ether oxygens (including phenoxy) is 1. The van der Waals surface area contributed by atoms with E-state index >= 15 is 0 Å². The van der Waals surface area contributed by atoms with Crippen LogP contribution >= 0.6 is 0 Å². The van der Waals surface area contributed by atoms with Crippen LogP contribution in [0.1, 0.15) is 56.3 Å². The number of fused-ring (bicyclic) bond motifs is 1. The molecule has 2 amide bonds. The molecule has 2 N–H and O–H groups in total. The van der Waals surface area contributed by atoms with E-state index in [0.29, 0.717) is 18.2 Å². The van der Waals surface area contributed by atoms with Crippen molar-refractivity contribution in [2.24, 2.45) is 0 Å². The Morgan fingerprint density at radius 1 is 0.970 bits per heavy atom. The van der Waals surface area contributed by atoms with Crippen LogP contribution in [0.3, 0.4) is 0 Å². The number of alkyl carbamates (subject to hydrolysis) is 1. The average molecular weight is 448 g/mol. The van der Waals surface area contributed by atoms with E-state index in [2.05, 4.69) is 15.6 Å². The van der Waals surface area contributed by atoms with Crippen LogP contribution in [0.15, 0.2) is 72.9 Å². The number of rotatable bonds is 2. The number of hydrogen-bond acceptors (Lipinski definition) is 4. The van der Waals surface area contributed by atoms with Crippen LogP contribution < -0.4 is 10.6 Å².